The number of nitrogens with zero attached hydrogens (tertiary/aromatic N) is 2. The number of anilines is 1. The van der Waals surface area contributed by atoms with E-state index in [9.17, 15) is 0 Å². The van der Waals surface area contributed by atoms with Gasteiger partial charge in [-0.25, -0.2) is 0 Å². The average Bonchev–Trinajstić information content (AvgIpc) is 3.22. The van der Waals surface area contributed by atoms with Gasteiger partial charge in [-0.2, -0.15) is 0 Å². The molecule has 0 radical (unpaired) electrons. The Kier molecular flexibility index (Phi) is 5.90. The lowest BCUT2D eigenvalue weighted by Crippen LogP contribution is -2.40. The molecule has 4 nitrogen and oxygen atoms in total. The fraction of sp³-hybridized carbons (Fsp3) is 0.588. The number of aliphatic imine (C=N–C) groups is 1. The number of para-hydroxylation sites is 1. The SMILES string of the molecule is CCN(CCCNC(=NC)NC1CC1C)c1ccccc1. The van der Waals surface area contributed by atoms with Gasteiger partial charge in [0.1, 0.15) is 0 Å². The van der Waals surface area contributed by atoms with Gasteiger partial charge in [-0.1, -0.05) is 25.1 Å². The van der Waals surface area contributed by atoms with Gasteiger partial charge in [0.2, 0.25) is 0 Å². The molecule has 0 aliphatic heterocycles. The minimum absolute atomic E-state index is 0.618. The smallest absolute Gasteiger partial charge is 0.191 e. The summed E-state index contributed by atoms with van der Waals surface area (Å²) in [5, 5.41) is 6.85. The quantitative estimate of drug-likeness (QED) is 0.460. The third-order valence-corrected chi connectivity index (χ3v) is 4.06. The van der Waals surface area contributed by atoms with Crippen LogP contribution in [0.25, 0.3) is 0 Å². The van der Waals surface area contributed by atoms with Crippen molar-refractivity contribution in [3.8, 4) is 0 Å². The summed E-state index contributed by atoms with van der Waals surface area (Å²) in [6.07, 6.45) is 2.36. The molecule has 0 heterocycles. The van der Waals surface area contributed by atoms with Gasteiger partial charge in [-0.3, -0.25) is 4.99 Å². The molecule has 1 fully saturated rings. The molecule has 2 atom stereocenters. The summed E-state index contributed by atoms with van der Waals surface area (Å²) in [5.41, 5.74) is 1.30. The first-order valence-corrected chi connectivity index (χ1v) is 8.01. The number of hydrogen-bond donors (Lipinski definition) is 2. The Balaban J connectivity index is 1.68. The molecule has 4 heteroatoms. The standard InChI is InChI=1S/C17H28N4/c1-4-21(15-9-6-5-7-10-15)12-8-11-19-17(18-3)20-16-13-14(16)2/h5-7,9-10,14,16H,4,8,11-13H2,1-3H3,(H2,18,19,20). The van der Waals surface area contributed by atoms with Gasteiger partial charge in [-0.05, 0) is 37.8 Å². The van der Waals surface area contributed by atoms with Crippen LogP contribution in [0.4, 0.5) is 5.69 Å². The predicted molar refractivity (Wildman–Crippen MR) is 91.0 cm³/mol. The van der Waals surface area contributed by atoms with Gasteiger partial charge in [0.25, 0.3) is 0 Å². The summed E-state index contributed by atoms with van der Waals surface area (Å²) in [6.45, 7) is 7.52. The van der Waals surface area contributed by atoms with Crippen molar-refractivity contribution in [3.63, 3.8) is 0 Å². The van der Waals surface area contributed by atoms with Crippen molar-refractivity contribution in [1.29, 1.82) is 0 Å². The molecule has 0 amide bonds. The highest BCUT2D eigenvalue weighted by atomic mass is 15.2. The van der Waals surface area contributed by atoms with Crippen LogP contribution in [0.2, 0.25) is 0 Å². The molecule has 116 valence electrons. The zero-order valence-corrected chi connectivity index (χ0v) is 13.5. The Labute approximate surface area is 128 Å². The Bertz CT molecular complexity index is 443. The van der Waals surface area contributed by atoms with Crippen LogP contribution in [0.3, 0.4) is 0 Å². The lowest BCUT2D eigenvalue weighted by atomic mass is 10.2. The monoisotopic (exact) mass is 288 g/mol. The van der Waals surface area contributed by atoms with E-state index in [-0.39, 0.29) is 0 Å². The number of nitrogens with one attached hydrogen (secondary N) is 2. The van der Waals surface area contributed by atoms with Gasteiger partial charge in [0.15, 0.2) is 5.96 Å². The fourth-order valence-corrected chi connectivity index (χ4v) is 2.48. The first kappa shape index (κ1) is 15.7. The van der Waals surface area contributed by atoms with Crippen molar-refractivity contribution in [3.05, 3.63) is 30.3 Å². The molecule has 1 aliphatic rings. The molecule has 0 saturated heterocycles. The van der Waals surface area contributed by atoms with Crippen LogP contribution >= 0.6 is 0 Å². The zero-order chi connectivity index (χ0) is 15.1. The lowest BCUT2D eigenvalue weighted by molar-refractivity contribution is 0.701. The maximum Gasteiger partial charge on any atom is 0.191 e. The third kappa shape index (κ3) is 4.96. The van der Waals surface area contributed by atoms with E-state index in [2.05, 4.69) is 64.7 Å². The van der Waals surface area contributed by atoms with Gasteiger partial charge >= 0.3 is 0 Å². The molecule has 1 aromatic rings. The van der Waals surface area contributed by atoms with Crippen molar-refractivity contribution in [2.24, 2.45) is 10.9 Å². The Morgan fingerprint density at radius 2 is 2.05 bits per heavy atom. The average molecular weight is 288 g/mol. The van der Waals surface area contributed by atoms with E-state index < -0.39 is 0 Å². The number of rotatable bonds is 7. The molecule has 0 bridgehead atoms. The highest BCUT2D eigenvalue weighted by Gasteiger charge is 2.33. The molecule has 21 heavy (non-hydrogen) atoms. The lowest BCUT2D eigenvalue weighted by Gasteiger charge is -2.23. The molecule has 2 N–H and O–H groups in total. The first-order chi connectivity index (χ1) is 10.2. The summed E-state index contributed by atoms with van der Waals surface area (Å²) in [5.74, 6) is 1.73. The van der Waals surface area contributed by atoms with Gasteiger partial charge in [0, 0.05) is 38.4 Å². The Morgan fingerprint density at radius 1 is 1.33 bits per heavy atom. The van der Waals surface area contributed by atoms with E-state index in [1.165, 1.54) is 12.1 Å². The molecular formula is C17H28N4. The second kappa shape index (κ2) is 7.91. The van der Waals surface area contributed by atoms with Crippen LogP contribution in [-0.4, -0.2) is 38.7 Å². The first-order valence-electron chi connectivity index (χ1n) is 8.01. The second-order valence-electron chi connectivity index (χ2n) is 5.73. The van der Waals surface area contributed by atoms with Crippen molar-refractivity contribution < 1.29 is 0 Å². The Hall–Kier alpha value is -1.71. The molecule has 2 unspecified atom stereocenters. The minimum atomic E-state index is 0.618. The van der Waals surface area contributed by atoms with E-state index in [0.29, 0.717) is 6.04 Å². The van der Waals surface area contributed by atoms with E-state index >= 15 is 0 Å². The molecule has 2 rings (SSSR count). The number of hydrogen-bond acceptors (Lipinski definition) is 2. The van der Waals surface area contributed by atoms with E-state index in [4.69, 9.17) is 0 Å². The van der Waals surface area contributed by atoms with Gasteiger partial charge < -0.3 is 15.5 Å². The summed E-state index contributed by atoms with van der Waals surface area (Å²) >= 11 is 0. The Morgan fingerprint density at radius 3 is 2.62 bits per heavy atom. The highest BCUT2D eigenvalue weighted by molar-refractivity contribution is 5.80. The summed E-state index contributed by atoms with van der Waals surface area (Å²) in [6, 6.07) is 11.2. The normalized spacial score (nSPS) is 21.0. The maximum absolute atomic E-state index is 4.28. The molecular weight excluding hydrogens is 260 g/mol. The van der Waals surface area contributed by atoms with Crippen molar-refractivity contribution in [2.75, 3.05) is 31.6 Å². The predicted octanol–water partition coefficient (Wildman–Crippen LogP) is 2.48. The molecule has 0 aromatic heterocycles. The maximum atomic E-state index is 4.28. The van der Waals surface area contributed by atoms with Crippen LogP contribution in [-0.2, 0) is 0 Å². The number of benzene rings is 1. The van der Waals surface area contributed by atoms with Crippen molar-refractivity contribution in [1.82, 2.24) is 10.6 Å². The topological polar surface area (TPSA) is 39.7 Å². The largest absolute Gasteiger partial charge is 0.372 e. The van der Waals surface area contributed by atoms with Gasteiger partial charge in [-0.15, -0.1) is 0 Å². The fourth-order valence-electron chi connectivity index (χ4n) is 2.48. The van der Waals surface area contributed by atoms with Crippen LogP contribution in [0.5, 0.6) is 0 Å². The van der Waals surface area contributed by atoms with Crippen LogP contribution in [0.1, 0.15) is 26.7 Å². The second-order valence-corrected chi connectivity index (χ2v) is 5.73. The minimum Gasteiger partial charge on any atom is -0.372 e. The van der Waals surface area contributed by atoms with Crippen molar-refractivity contribution in [2.45, 2.75) is 32.7 Å². The third-order valence-electron chi connectivity index (χ3n) is 4.06. The molecule has 1 aliphatic carbocycles. The van der Waals surface area contributed by atoms with E-state index in [0.717, 1.165) is 37.9 Å². The molecule has 1 saturated carbocycles. The summed E-state index contributed by atoms with van der Waals surface area (Å²) < 4.78 is 0. The summed E-state index contributed by atoms with van der Waals surface area (Å²) in [4.78, 5) is 6.68. The molecule has 0 spiro atoms. The highest BCUT2D eigenvalue weighted by Crippen LogP contribution is 2.28. The molecule has 1 aromatic carbocycles. The summed E-state index contributed by atoms with van der Waals surface area (Å²) in [7, 11) is 1.84. The number of guanidine groups is 1. The van der Waals surface area contributed by atoms with Crippen LogP contribution in [0.15, 0.2) is 35.3 Å². The zero-order valence-electron chi connectivity index (χ0n) is 13.5. The van der Waals surface area contributed by atoms with Crippen molar-refractivity contribution >= 4 is 11.6 Å². The van der Waals surface area contributed by atoms with Crippen LogP contribution < -0.4 is 15.5 Å². The van der Waals surface area contributed by atoms with E-state index in [1.54, 1.807) is 0 Å². The van der Waals surface area contributed by atoms with Crippen LogP contribution in [0, 0.1) is 5.92 Å². The van der Waals surface area contributed by atoms with E-state index in [1.807, 2.05) is 7.05 Å². The van der Waals surface area contributed by atoms with Gasteiger partial charge in [0.05, 0.1) is 0 Å².